The lowest BCUT2D eigenvalue weighted by Crippen LogP contribution is -2.22. The fourth-order valence-corrected chi connectivity index (χ4v) is 2.89. The molecular weight excluding hydrogens is 371 g/mol. The smallest absolute Gasteiger partial charge is 0.220 e. The van der Waals surface area contributed by atoms with Crippen LogP contribution in [-0.4, -0.2) is 20.7 Å². The van der Waals surface area contributed by atoms with Crippen LogP contribution in [0, 0.1) is 5.82 Å². The van der Waals surface area contributed by atoms with Crippen LogP contribution in [0.25, 0.3) is 17.0 Å². The van der Waals surface area contributed by atoms with Crippen molar-refractivity contribution < 1.29 is 13.6 Å². The van der Waals surface area contributed by atoms with Gasteiger partial charge in [0, 0.05) is 31.1 Å². The Balaban J connectivity index is 1.28. The van der Waals surface area contributed by atoms with Crippen LogP contribution in [0.1, 0.15) is 17.9 Å². The molecule has 6 nitrogen and oxygen atoms in total. The molecule has 0 aliphatic carbocycles. The Morgan fingerprint density at radius 3 is 2.69 bits per heavy atom. The highest BCUT2D eigenvalue weighted by molar-refractivity contribution is 5.76. The van der Waals surface area contributed by atoms with Gasteiger partial charge in [-0.05, 0) is 24.3 Å². The Morgan fingerprint density at radius 1 is 1.07 bits per heavy atom. The molecule has 0 unspecified atom stereocenters. The Morgan fingerprint density at radius 2 is 1.86 bits per heavy atom. The fourth-order valence-electron chi connectivity index (χ4n) is 2.89. The summed E-state index contributed by atoms with van der Waals surface area (Å²) in [6.45, 7) is 0.387. The van der Waals surface area contributed by atoms with Crippen LogP contribution in [0.3, 0.4) is 0 Å². The molecule has 146 valence electrons. The first-order valence-electron chi connectivity index (χ1n) is 9.24. The first-order valence-corrected chi connectivity index (χ1v) is 9.24. The van der Waals surface area contributed by atoms with Crippen LogP contribution in [0.2, 0.25) is 0 Å². The summed E-state index contributed by atoms with van der Waals surface area (Å²) < 4.78 is 21.1. The zero-order valence-electron chi connectivity index (χ0n) is 15.6. The normalized spacial score (nSPS) is 10.8. The van der Waals surface area contributed by atoms with Gasteiger partial charge in [0.2, 0.25) is 5.91 Å². The summed E-state index contributed by atoms with van der Waals surface area (Å²) >= 11 is 0. The van der Waals surface area contributed by atoms with Gasteiger partial charge < -0.3 is 9.73 Å². The number of halogens is 1. The SMILES string of the molecule is O=C(CCc1ncc(-c2ccccc2F)o1)NCc1cnn(-c2ccccc2)c1. The molecule has 4 rings (SSSR count). The highest BCUT2D eigenvalue weighted by Crippen LogP contribution is 2.23. The lowest BCUT2D eigenvalue weighted by Gasteiger charge is -2.02. The van der Waals surface area contributed by atoms with Crippen molar-refractivity contribution in [1.29, 1.82) is 0 Å². The first-order chi connectivity index (χ1) is 14.2. The largest absolute Gasteiger partial charge is 0.441 e. The van der Waals surface area contributed by atoms with E-state index in [2.05, 4.69) is 15.4 Å². The molecule has 0 spiro atoms. The van der Waals surface area contributed by atoms with E-state index in [1.54, 1.807) is 29.1 Å². The molecule has 4 aromatic rings. The third-order valence-electron chi connectivity index (χ3n) is 4.41. The van der Waals surface area contributed by atoms with Crippen molar-refractivity contribution in [2.45, 2.75) is 19.4 Å². The van der Waals surface area contributed by atoms with Gasteiger partial charge in [0.15, 0.2) is 11.7 Å². The highest BCUT2D eigenvalue weighted by atomic mass is 19.1. The number of para-hydroxylation sites is 1. The van der Waals surface area contributed by atoms with Crippen LogP contribution in [-0.2, 0) is 17.8 Å². The van der Waals surface area contributed by atoms with Crippen molar-refractivity contribution in [3.8, 4) is 17.0 Å². The summed E-state index contributed by atoms with van der Waals surface area (Å²) in [5, 5.41) is 7.17. The van der Waals surface area contributed by atoms with E-state index in [1.165, 1.54) is 12.3 Å². The Hall–Kier alpha value is -3.74. The molecule has 2 heterocycles. The molecule has 0 bridgehead atoms. The summed E-state index contributed by atoms with van der Waals surface area (Å²) in [5.74, 6) is 0.259. The van der Waals surface area contributed by atoms with Gasteiger partial charge in [-0.2, -0.15) is 5.10 Å². The maximum absolute atomic E-state index is 13.8. The molecule has 29 heavy (non-hydrogen) atoms. The number of aryl methyl sites for hydroxylation is 1. The highest BCUT2D eigenvalue weighted by Gasteiger charge is 2.12. The first kappa shape index (κ1) is 18.6. The third kappa shape index (κ3) is 4.57. The zero-order valence-corrected chi connectivity index (χ0v) is 15.6. The molecule has 2 aromatic heterocycles. The lowest BCUT2D eigenvalue weighted by molar-refractivity contribution is -0.121. The van der Waals surface area contributed by atoms with Crippen molar-refractivity contribution in [3.05, 3.63) is 90.5 Å². The number of carbonyl (C=O) groups excluding carboxylic acids is 1. The number of rotatable bonds is 7. The predicted molar refractivity (Wildman–Crippen MR) is 106 cm³/mol. The van der Waals surface area contributed by atoms with E-state index in [0.29, 0.717) is 30.2 Å². The average Bonchev–Trinajstić information content (AvgIpc) is 3.41. The molecule has 1 amide bonds. The van der Waals surface area contributed by atoms with Crippen LogP contribution in [0.15, 0.2) is 77.6 Å². The van der Waals surface area contributed by atoms with Crippen LogP contribution >= 0.6 is 0 Å². The number of nitrogens with zero attached hydrogens (tertiary/aromatic N) is 3. The molecular formula is C22H19FN4O2. The second kappa shape index (κ2) is 8.52. The third-order valence-corrected chi connectivity index (χ3v) is 4.41. The number of aromatic nitrogens is 3. The number of amides is 1. The number of hydrogen-bond acceptors (Lipinski definition) is 4. The van der Waals surface area contributed by atoms with Gasteiger partial charge in [-0.15, -0.1) is 0 Å². The minimum atomic E-state index is -0.371. The lowest BCUT2D eigenvalue weighted by atomic mass is 10.2. The van der Waals surface area contributed by atoms with E-state index >= 15 is 0 Å². The van der Waals surface area contributed by atoms with Crippen molar-refractivity contribution in [3.63, 3.8) is 0 Å². The maximum Gasteiger partial charge on any atom is 0.220 e. The van der Waals surface area contributed by atoms with Gasteiger partial charge in [-0.1, -0.05) is 30.3 Å². The average molecular weight is 390 g/mol. The Labute approximate surface area is 167 Å². The predicted octanol–water partition coefficient (Wildman–Crippen LogP) is 3.92. The molecule has 0 aliphatic rings. The van der Waals surface area contributed by atoms with Gasteiger partial charge in [0.05, 0.1) is 23.6 Å². The monoisotopic (exact) mass is 390 g/mol. The molecule has 0 saturated carbocycles. The second-order valence-electron chi connectivity index (χ2n) is 6.50. The molecule has 2 aromatic carbocycles. The second-order valence-corrected chi connectivity index (χ2v) is 6.50. The van der Waals surface area contributed by atoms with Gasteiger partial charge in [-0.3, -0.25) is 4.79 Å². The van der Waals surface area contributed by atoms with Crippen LogP contribution in [0.4, 0.5) is 4.39 Å². The topological polar surface area (TPSA) is 73.0 Å². The minimum absolute atomic E-state index is 0.122. The number of carbonyl (C=O) groups is 1. The van der Waals surface area contributed by atoms with E-state index < -0.39 is 0 Å². The van der Waals surface area contributed by atoms with E-state index in [1.807, 2.05) is 36.5 Å². The molecule has 0 atom stereocenters. The van der Waals surface area contributed by atoms with Crippen molar-refractivity contribution in [2.75, 3.05) is 0 Å². The summed E-state index contributed by atoms with van der Waals surface area (Å²) in [7, 11) is 0. The van der Waals surface area contributed by atoms with Gasteiger partial charge >= 0.3 is 0 Å². The van der Waals surface area contributed by atoms with Crippen LogP contribution in [0.5, 0.6) is 0 Å². The molecule has 0 radical (unpaired) electrons. The molecule has 0 fully saturated rings. The number of benzene rings is 2. The van der Waals surface area contributed by atoms with E-state index in [-0.39, 0.29) is 18.1 Å². The molecule has 0 saturated heterocycles. The summed E-state index contributed by atoms with van der Waals surface area (Å²) in [5.41, 5.74) is 2.21. The van der Waals surface area contributed by atoms with Gasteiger partial charge in [-0.25, -0.2) is 14.1 Å². The summed E-state index contributed by atoms with van der Waals surface area (Å²) in [6, 6.07) is 16.1. The van der Waals surface area contributed by atoms with Gasteiger partial charge in [0.1, 0.15) is 5.82 Å². The quantitative estimate of drug-likeness (QED) is 0.519. The number of nitrogens with one attached hydrogen (secondary N) is 1. The van der Waals surface area contributed by atoms with Crippen molar-refractivity contribution in [1.82, 2.24) is 20.1 Å². The number of hydrogen-bond donors (Lipinski definition) is 1. The fraction of sp³-hybridized carbons (Fsp3) is 0.136. The van der Waals surface area contributed by atoms with Gasteiger partial charge in [0.25, 0.3) is 0 Å². The molecule has 0 aliphatic heterocycles. The van der Waals surface area contributed by atoms with Crippen LogP contribution < -0.4 is 5.32 Å². The Kier molecular flexibility index (Phi) is 5.47. The van der Waals surface area contributed by atoms with E-state index in [9.17, 15) is 9.18 Å². The standard InChI is InChI=1S/C22H19FN4O2/c23-19-9-5-4-8-18(19)20-14-25-22(29-20)11-10-21(28)24-12-16-13-26-27(15-16)17-6-2-1-3-7-17/h1-9,13-15H,10-12H2,(H,24,28). The maximum atomic E-state index is 13.8. The Bertz CT molecular complexity index is 1100. The minimum Gasteiger partial charge on any atom is -0.441 e. The van der Waals surface area contributed by atoms with E-state index in [4.69, 9.17) is 4.42 Å². The number of oxazole rings is 1. The van der Waals surface area contributed by atoms with E-state index in [0.717, 1.165) is 11.3 Å². The summed E-state index contributed by atoms with van der Waals surface area (Å²) in [4.78, 5) is 16.3. The zero-order chi connectivity index (χ0) is 20.1. The summed E-state index contributed by atoms with van der Waals surface area (Å²) in [6.07, 6.45) is 5.64. The van der Waals surface area contributed by atoms with Crippen molar-refractivity contribution >= 4 is 5.91 Å². The molecule has 7 heteroatoms. The molecule has 1 N–H and O–H groups in total. The van der Waals surface area contributed by atoms with Crippen molar-refractivity contribution in [2.24, 2.45) is 0 Å².